The number of likely N-dealkylation sites (N-methyl/N-ethyl adjacent to an activating group) is 1. The van der Waals surface area contributed by atoms with Crippen molar-refractivity contribution in [1.82, 2.24) is 4.90 Å². The molecule has 1 fully saturated rings. The van der Waals surface area contributed by atoms with E-state index in [4.69, 9.17) is 4.74 Å². The number of hydrogen-bond acceptors (Lipinski definition) is 4. The van der Waals surface area contributed by atoms with Crippen LogP contribution in [0, 0.1) is 13.8 Å². The SMILES string of the molecule is CCN1CCC(OC(=O)C(O)(c2ccccc2)c2ccc(C)cc2C)C1.Cl. The van der Waals surface area contributed by atoms with Gasteiger partial charge in [-0.25, -0.2) is 4.79 Å². The van der Waals surface area contributed by atoms with Crippen molar-refractivity contribution >= 4 is 18.4 Å². The Morgan fingerprint density at radius 3 is 2.52 bits per heavy atom. The third-order valence-electron chi connectivity index (χ3n) is 5.21. The Hall–Kier alpha value is -1.88. The van der Waals surface area contributed by atoms with Gasteiger partial charge in [0.1, 0.15) is 6.10 Å². The monoisotopic (exact) mass is 389 g/mol. The number of rotatable bonds is 5. The van der Waals surface area contributed by atoms with Crippen LogP contribution in [-0.4, -0.2) is 41.7 Å². The van der Waals surface area contributed by atoms with Gasteiger partial charge in [-0.3, -0.25) is 4.90 Å². The maximum atomic E-state index is 13.2. The third-order valence-corrected chi connectivity index (χ3v) is 5.21. The van der Waals surface area contributed by atoms with Gasteiger partial charge < -0.3 is 9.84 Å². The Balaban J connectivity index is 0.00000261. The molecule has 1 heterocycles. The molecule has 0 radical (unpaired) electrons. The summed E-state index contributed by atoms with van der Waals surface area (Å²) >= 11 is 0. The zero-order valence-corrected chi connectivity index (χ0v) is 17.0. The Bertz CT molecular complexity index is 780. The molecule has 2 atom stereocenters. The van der Waals surface area contributed by atoms with Crippen molar-refractivity contribution in [3.8, 4) is 0 Å². The van der Waals surface area contributed by atoms with E-state index in [-0.39, 0.29) is 18.5 Å². The lowest BCUT2D eigenvalue weighted by Crippen LogP contribution is -2.41. The number of aliphatic hydroxyl groups is 1. The highest BCUT2D eigenvalue weighted by Gasteiger charge is 2.44. The fourth-order valence-electron chi connectivity index (χ4n) is 3.70. The molecule has 146 valence electrons. The van der Waals surface area contributed by atoms with Gasteiger partial charge in [-0.05, 0) is 37.9 Å². The molecule has 2 aromatic carbocycles. The highest BCUT2D eigenvalue weighted by atomic mass is 35.5. The highest BCUT2D eigenvalue weighted by molar-refractivity contribution is 5.86. The minimum Gasteiger partial charge on any atom is -0.458 e. The second-order valence-corrected chi connectivity index (χ2v) is 7.10. The van der Waals surface area contributed by atoms with Crippen LogP contribution >= 0.6 is 12.4 Å². The second-order valence-electron chi connectivity index (χ2n) is 7.10. The Kier molecular flexibility index (Phi) is 7.04. The molecule has 0 aliphatic carbocycles. The van der Waals surface area contributed by atoms with Gasteiger partial charge in [0.25, 0.3) is 0 Å². The number of hydrogen-bond donors (Lipinski definition) is 1. The summed E-state index contributed by atoms with van der Waals surface area (Å²) in [6.07, 6.45) is 0.626. The number of halogens is 1. The predicted molar refractivity (Wildman–Crippen MR) is 109 cm³/mol. The van der Waals surface area contributed by atoms with Crippen LogP contribution in [0.15, 0.2) is 48.5 Å². The van der Waals surface area contributed by atoms with E-state index in [1.54, 1.807) is 12.1 Å². The van der Waals surface area contributed by atoms with Gasteiger partial charge in [-0.15, -0.1) is 12.4 Å². The van der Waals surface area contributed by atoms with Crippen molar-refractivity contribution < 1.29 is 14.6 Å². The third kappa shape index (κ3) is 4.34. The zero-order valence-electron chi connectivity index (χ0n) is 16.1. The van der Waals surface area contributed by atoms with E-state index in [0.29, 0.717) is 11.1 Å². The lowest BCUT2D eigenvalue weighted by molar-refractivity contribution is -0.167. The first-order valence-electron chi connectivity index (χ1n) is 9.24. The van der Waals surface area contributed by atoms with Crippen LogP contribution in [0.2, 0.25) is 0 Å². The quantitative estimate of drug-likeness (QED) is 0.794. The van der Waals surface area contributed by atoms with Gasteiger partial charge in [0.15, 0.2) is 0 Å². The fourth-order valence-corrected chi connectivity index (χ4v) is 3.70. The van der Waals surface area contributed by atoms with Gasteiger partial charge in [0.05, 0.1) is 0 Å². The average Bonchev–Trinajstić information content (AvgIpc) is 3.09. The van der Waals surface area contributed by atoms with Crippen molar-refractivity contribution in [2.45, 2.75) is 38.9 Å². The molecule has 1 N–H and O–H groups in total. The van der Waals surface area contributed by atoms with Gasteiger partial charge in [0.2, 0.25) is 5.60 Å². The number of aryl methyl sites for hydroxylation is 2. The smallest absolute Gasteiger partial charge is 0.348 e. The maximum Gasteiger partial charge on any atom is 0.348 e. The lowest BCUT2D eigenvalue weighted by atomic mass is 9.83. The van der Waals surface area contributed by atoms with Gasteiger partial charge in [-0.2, -0.15) is 0 Å². The van der Waals surface area contributed by atoms with Crippen LogP contribution in [0.5, 0.6) is 0 Å². The minimum absolute atomic E-state index is 0. The van der Waals surface area contributed by atoms with Gasteiger partial charge in [0, 0.05) is 18.7 Å². The molecule has 2 aromatic rings. The largest absolute Gasteiger partial charge is 0.458 e. The first-order chi connectivity index (χ1) is 12.4. The number of likely N-dealkylation sites (tertiary alicyclic amines) is 1. The summed E-state index contributed by atoms with van der Waals surface area (Å²) in [6, 6.07) is 14.8. The van der Waals surface area contributed by atoms with E-state index in [0.717, 1.165) is 37.2 Å². The highest BCUT2D eigenvalue weighted by Crippen LogP contribution is 2.34. The first kappa shape index (κ1) is 21.4. The van der Waals surface area contributed by atoms with E-state index >= 15 is 0 Å². The summed E-state index contributed by atoms with van der Waals surface area (Å²) in [4.78, 5) is 15.4. The fraction of sp³-hybridized carbons (Fsp3) is 0.409. The lowest BCUT2D eigenvalue weighted by Gasteiger charge is -2.30. The molecule has 1 saturated heterocycles. The molecule has 27 heavy (non-hydrogen) atoms. The number of benzene rings is 2. The molecule has 1 aliphatic rings. The first-order valence-corrected chi connectivity index (χ1v) is 9.24. The molecule has 0 saturated carbocycles. The number of carbonyl (C=O) groups excluding carboxylic acids is 1. The van der Waals surface area contributed by atoms with Gasteiger partial charge in [-0.1, -0.05) is 61.0 Å². The van der Waals surface area contributed by atoms with Crippen molar-refractivity contribution in [1.29, 1.82) is 0 Å². The van der Waals surface area contributed by atoms with E-state index in [2.05, 4.69) is 11.8 Å². The summed E-state index contributed by atoms with van der Waals surface area (Å²) < 4.78 is 5.77. The van der Waals surface area contributed by atoms with Crippen molar-refractivity contribution in [2.24, 2.45) is 0 Å². The summed E-state index contributed by atoms with van der Waals surface area (Å²) in [6.45, 7) is 8.59. The van der Waals surface area contributed by atoms with E-state index in [1.165, 1.54) is 0 Å². The Morgan fingerprint density at radius 2 is 1.93 bits per heavy atom. The molecular formula is C22H28ClNO3. The van der Waals surface area contributed by atoms with Crippen LogP contribution in [0.1, 0.15) is 35.6 Å². The standard InChI is InChI=1S/C22H27NO3.ClH/c1-4-23-13-12-19(15-23)26-21(24)22(25,18-8-6-5-7-9-18)20-11-10-16(2)14-17(20)3;/h5-11,14,19,25H,4,12-13,15H2,1-3H3;1H. The molecule has 2 unspecified atom stereocenters. The van der Waals surface area contributed by atoms with Gasteiger partial charge >= 0.3 is 5.97 Å². The number of carbonyl (C=O) groups is 1. The summed E-state index contributed by atoms with van der Waals surface area (Å²) in [7, 11) is 0. The molecular weight excluding hydrogens is 362 g/mol. The zero-order chi connectivity index (χ0) is 18.7. The predicted octanol–water partition coefficient (Wildman–Crippen LogP) is 3.60. The molecule has 0 amide bonds. The minimum atomic E-state index is -1.81. The summed E-state index contributed by atoms with van der Waals surface area (Å²) in [5, 5.41) is 11.6. The normalized spacial score (nSPS) is 19.2. The van der Waals surface area contributed by atoms with Crippen molar-refractivity contribution in [3.63, 3.8) is 0 Å². The van der Waals surface area contributed by atoms with E-state index < -0.39 is 11.6 Å². The van der Waals surface area contributed by atoms with E-state index in [9.17, 15) is 9.90 Å². The number of esters is 1. The van der Waals surface area contributed by atoms with Crippen molar-refractivity contribution in [2.75, 3.05) is 19.6 Å². The van der Waals surface area contributed by atoms with Crippen LogP contribution in [-0.2, 0) is 15.1 Å². The molecule has 4 nitrogen and oxygen atoms in total. The molecule has 3 rings (SSSR count). The van der Waals surface area contributed by atoms with Crippen molar-refractivity contribution in [3.05, 3.63) is 70.8 Å². The summed E-state index contributed by atoms with van der Waals surface area (Å²) in [5.74, 6) is -0.599. The number of ether oxygens (including phenoxy) is 1. The molecule has 5 heteroatoms. The number of nitrogens with zero attached hydrogens (tertiary/aromatic N) is 1. The topological polar surface area (TPSA) is 49.8 Å². The molecule has 0 aromatic heterocycles. The van der Waals surface area contributed by atoms with Crippen LogP contribution in [0.4, 0.5) is 0 Å². The summed E-state index contributed by atoms with van der Waals surface area (Å²) in [5.41, 5.74) is 1.25. The molecule has 0 bridgehead atoms. The average molecular weight is 390 g/mol. The van der Waals surface area contributed by atoms with Crippen LogP contribution in [0.25, 0.3) is 0 Å². The Labute approximate surface area is 167 Å². The second kappa shape index (κ2) is 8.87. The van der Waals surface area contributed by atoms with Crippen LogP contribution in [0.3, 0.4) is 0 Å². The Morgan fingerprint density at radius 1 is 1.22 bits per heavy atom. The van der Waals surface area contributed by atoms with E-state index in [1.807, 2.05) is 50.2 Å². The molecule has 0 spiro atoms. The van der Waals surface area contributed by atoms with Crippen LogP contribution < -0.4 is 0 Å². The maximum absolute atomic E-state index is 13.2. The molecule has 1 aliphatic heterocycles.